The highest BCUT2D eigenvalue weighted by atomic mass is 35.5. The van der Waals surface area contributed by atoms with Gasteiger partial charge < -0.3 is 5.32 Å². The van der Waals surface area contributed by atoms with Gasteiger partial charge in [0.25, 0.3) is 0 Å². The summed E-state index contributed by atoms with van der Waals surface area (Å²) in [6, 6.07) is 5.53. The van der Waals surface area contributed by atoms with E-state index in [2.05, 4.69) is 5.32 Å². The van der Waals surface area contributed by atoms with E-state index in [1.165, 1.54) is 0 Å². The summed E-state index contributed by atoms with van der Waals surface area (Å²) in [6.07, 6.45) is 1.10. The summed E-state index contributed by atoms with van der Waals surface area (Å²) in [4.78, 5) is 11.4. The first kappa shape index (κ1) is 12.3. The van der Waals surface area contributed by atoms with E-state index in [0.29, 0.717) is 29.4 Å². The van der Waals surface area contributed by atoms with Gasteiger partial charge in [-0.1, -0.05) is 17.7 Å². The first-order valence-corrected chi connectivity index (χ1v) is 5.66. The molecule has 1 rings (SSSR count). The number of hydrogen-bond acceptors (Lipinski definition) is 1. The van der Waals surface area contributed by atoms with E-state index in [9.17, 15) is 4.79 Å². The molecule has 0 spiro atoms. The fraction of sp³-hybridized carbons (Fsp3) is 0.364. The summed E-state index contributed by atoms with van der Waals surface area (Å²) < 4.78 is 0. The number of halogens is 2. The van der Waals surface area contributed by atoms with Gasteiger partial charge in [-0.05, 0) is 31.0 Å². The van der Waals surface area contributed by atoms with E-state index in [-0.39, 0.29) is 5.91 Å². The zero-order chi connectivity index (χ0) is 11.3. The van der Waals surface area contributed by atoms with Crippen molar-refractivity contribution in [1.82, 2.24) is 0 Å². The van der Waals surface area contributed by atoms with Gasteiger partial charge in [-0.15, -0.1) is 11.6 Å². The Bertz CT molecular complexity index is 352. The molecule has 0 aromatic heterocycles. The fourth-order valence-electron chi connectivity index (χ4n) is 1.16. The van der Waals surface area contributed by atoms with Crippen LogP contribution in [-0.4, -0.2) is 11.8 Å². The van der Waals surface area contributed by atoms with Gasteiger partial charge in [0, 0.05) is 12.3 Å². The average molecular weight is 246 g/mol. The molecule has 0 saturated carbocycles. The van der Waals surface area contributed by atoms with Crippen molar-refractivity contribution >= 4 is 34.8 Å². The molecule has 82 valence electrons. The first-order chi connectivity index (χ1) is 7.13. The molecule has 0 fully saturated rings. The molecule has 0 aliphatic rings. The molecule has 0 aliphatic carbocycles. The minimum Gasteiger partial charge on any atom is -0.325 e. The predicted molar refractivity (Wildman–Crippen MR) is 64.8 cm³/mol. The maximum absolute atomic E-state index is 11.4. The van der Waals surface area contributed by atoms with Gasteiger partial charge in [0.05, 0.1) is 10.7 Å². The van der Waals surface area contributed by atoms with E-state index in [4.69, 9.17) is 23.2 Å². The van der Waals surface area contributed by atoms with Crippen molar-refractivity contribution in [3.8, 4) is 0 Å². The van der Waals surface area contributed by atoms with Crippen molar-refractivity contribution in [3.05, 3.63) is 28.8 Å². The van der Waals surface area contributed by atoms with Crippen LogP contribution >= 0.6 is 23.2 Å². The number of rotatable bonds is 4. The van der Waals surface area contributed by atoms with Crippen LogP contribution in [0.15, 0.2) is 18.2 Å². The highest BCUT2D eigenvalue weighted by molar-refractivity contribution is 6.33. The zero-order valence-electron chi connectivity index (χ0n) is 8.52. The summed E-state index contributed by atoms with van der Waals surface area (Å²) in [5.41, 5.74) is 1.72. The summed E-state index contributed by atoms with van der Waals surface area (Å²) in [7, 11) is 0. The normalized spacial score (nSPS) is 10.1. The number of amides is 1. The SMILES string of the molecule is Cc1ccc(NC(=O)CCCCl)c(Cl)c1. The fourth-order valence-corrected chi connectivity index (χ4v) is 1.58. The zero-order valence-corrected chi connectivity index (χ0v) is 10.0. The topological polar surface area (TPSA) is 29.1 Å². The molecule has 1 aromatic rings. The highest BCUT2D eigenvalue weighted by Crippen LogP contribution is 2.22. The number of aryl methyl sites for hydroxylation is 1. The van der Waals surface area contributed by atoms with Crippen LogP contribution in [0, 0.1) is 6.92 Å². The number of nitrogens with one attached hydrogen (secondary N) is 1. The number of hydrogen-bond donors (Lipinski definition) is 1. The second-order valence-corrected chi connectivity index (χ2v) is 4.11. The average Bonchev–Trinajstić information content (AvgIpc) is 2.19. The van der Waals surface area contributed by atoms with E-state index in [1.54, 1.807) is 6.07 Å². The minimum atomic E-state index is -0.0543. The van der Waals surface area contributed by atoms with Crippen molar-refractivity contribution < 1.29 is 4.79 Å². The Balaban J connectivity index is 2.60. The molecule has 15 heavy (non-hydrogen) atoms. The van der Waals surface area contributed by atoms with E-state index in [1.807, 2.05) is 19.1 Å². The lowest BCUT2D eigenvalue weighted by Gasteiger charge is -2.07. The van der Waals surface area contributed by atoms with Crippen LogP contribution in [0.5, 0.6) is 0 Å². The second-order valence-electron chi connectivity index (χ2n) is 3.32. The van der Waals surface area contributed by atoms with Gasteiger partial charge in [0.2, 0.25) is 5.91 Å². The van der Waals surface area contributed by atoms with Crippen molar-refractivity contribution in [2.45, 2.75) is 19.8 Å². The molecule has 1 N–H and O–H groups in total. The lowest BCUT2D eigenvalue weighted by Crippen LogP contribution is -2.11. The number of carbonyl (C=O) groups is 1. The Kier molecular flexibility index (Phi) is 4.92. The monoisotopic (exact) mass is 245 g/mol. The van der Waals surface area contributed by atoms with Crippen LogP contribution in [0.2, 0.25) is 5.02 Å². The Morgan fingerprint density at radius 1 is 1.47 bits per heavy atom. The van der Waals surface area contributed by atoms with Crippen molar-refractivity contribution in [1.29, 1.82) is 0 Å². The Hall–Kier alpha value is -0.730. The molecule has 4 heteroatoms. The van der Waals surface area contributed by atoms with Crippen LogP contribution in [0.3, 0.4) is 0 Å². The number of alkyl halides is 1. The minimum absolute atomic E-state index is 0.0543. The number of benzene rings is 1. The number of carbonyl (C=O) groups excluding carboxylic acids is 1. The van der Waals surface area contributed by atoms with E-state index < -0.39 is 0 Å². The molecular weight excluding hydrogens is 233 g/mol. The Morgan fingerprint density at radius 3 is 2.80 bits per heavy atom. The van der Waals surface area contributed by atoms with Gasteiger partial charge in [0.1, 0.15) is 0 Å². The van der Waals surface area contributed by atoms with Crippen LogP contribution in [0.4, 0.5) is 5.69 Å². The van der Waals surface area contributed by atoms with Crippen LogP contribution < -0.4 is 5.32 Å². The van der Waals surface area contributed by atoms with Gasteiger partial charge in [-0.25, -0.2) is 0 Å². The Labute approximate surface area is 99.6 Å². The van der Waals surface area contributed by atoms with Crippen LogP contribution in [0.25, 0.3) is 0 Å². The third-order valence-corrected chi connectivity index (χ3v) is 2.52. The summed E-state index contributed by atoms with van der Waals surface area (Å²) >= 11 is 11.5. The molecule has 0 aliphatic heterocycles. The molecular formula is C11H13Cl2NO. The van der Waals surface area contributed by atoms with Crippen molar-refractivity contribution in [2.24, 2.45) is 0 Å². The molecule has 1 aromatic carbocycles. The lowest BCUT2D eigenvalue weighted by atomic mass is 10.2. The summed E-state index contributed by atoms with van der Waals surface area (Å²) in [5.74, 6) is 0.441. The third-order valence-electron chi connectivity index (χ3n) is 1.94. The van der Waals surface area contributed by atoms with Gasteiger partial charge in [0.15, 0.2) is 0 Å². The van der Waals surface area contributed by atoms with Gasteiger partial charge in [-0.3, -0.25) is 4.79 Å². The van der Waals surface area contributed by atoms with Crippen molar-refractivity contribution in [2.75, 3.05) is 11.2 Å². The molecule has 0 heterocycles. The molecule has 0 bridgehead atoms. The first-order valence-electron chi connectivity index (χ1n) is 4.75. The molecule has 0 saturated heterocycles. The van der Waals surface area contributed by atoms with Gasteiger partial charge >= 0.3 is 0 Å². The molecule has 1 amide bonds. The lowest BCUT2D eigenvalue weighted by molar-refractivity contribution is -0.116. The summed E-state index contributed by atoms with van der Waals surface area (Å²) in [6.45, 7) is 1.95. The smallest absolute Gasteiger partial charge is 0.224 e. The molecule has 0 atom stereocenters. The molecule has 2 nitrogen and oxygen atoms in total. The maximum atomic E-state index is 11.4. The van der Waals surface area contributed by atoms with Crippen LogP contribution in [0.1, 0.15) is 18.4 Å². The quantitative estimate of drug-likeness (QED) is 0.808. The molecule has 0 radical (unpaired) electrons. The number of anilines is 1. The van der Waals surface area contributed by atoms with Crippen molar-refractivity contribution in [3.63, 3.8) is 0 Å². The van der Waals surface area contributed by atoms with E-state index >= 15 is 0 Å². The van der Waals surface area contributed by atoms with Crippen LogP contribution in [-0.2, 0) is 4.79 Å². The predicted octanol–water partition coefficient (Wildman–Crippen LogP) is 3.61. The largest absolute Gasteiger partial charge is 0.325 e. The summed E-state index contributed by atoms with van der Waals surface area (Å²) in [5, 5.41) is 3.31. The molecule has 0 unspecified atom stereocenters. The maximum Gasteiger partial charge on any atom is 0.224 e. The van der Waals surface area contributed by atoms with E-state index in [0.717, 1.165) is 5.56 Å². The Morgan fingerprint density at radius 2 is 2.20 bits per heavy atom. The second kappa shape index (κ2) is 5.99. The van der Waals surface area contributed by atoms with Gasteiger partial charge in [-0.2, -0.15) is 0 Å². The third kappa shape index (κ3) is 4.10. The highest BCUT2D eigenvalue weighted by Gasteiger charge is 2.05. The standard InChI is InChI=1S/C11H13Cl2NO/c1-8-4-5-10(9(13)7-8)14-11(15)3-2-6-12/h4-5,7H,2-3,6H2,1H3,(H,14,15).